The standard InChI is InChI=1S/C20H34NO4/c1-2-3-4-5-6-7-8-10-13-16-19(21(24)25)20(23)17-14-11-9-12-15-18-22/h10-11,13-14,19-20,23H,2-9,12,15-17H2,1H3/b13-10-,14-11-. The summed E-state index contributed by atoms with van der Waals surface area (Å²) in [5.74, 6) is 0. The van der Waals surface area contributed by atoms with Crippen LogP contribution >= 0.6 is 0 Å². The Balaban J connectivity index is 3.97. The van der Waals surface area contributed by atoms with E-state index in [1.54, 1.807) is 6.08 Å². The summed E-state index contributed by atoms with van der Waals surface area (Å²) in [6, 6.07) is -0.964. The smallest absolute Gasteiger partial charge is 0.242 e. The minimum atomic E-state index is -0.984. The van der Waals surface area contributed by atoms with E-state index >= 15 is 0 Å². The minimum absolute atomic E-state index is 0.262. The fourth-order valence-corrected chi connectivity index (χ4v) is 2.58. The van der Waals surface area contributed by atoms with E-state index in [9.17, 15) is 20.0 Å². The maximum Gasteiger partial charge on any atom is 0.242 e. The second-order valence-electron chi connectivity index (χ2n) is 6.43. The lowest BCUT2D eigenvalue weighted by Crippen LogP contribution is -2.32. The average Bonchev–Trinajstić information content (AvgIpc) is 2.59. The molecule has 5 heteroatoms. The molecule has 1 N–H and O–H groups in total. The van der Waals surface area contributed by atoms with E-state index in [4.69, 9.17) is 0 Å². The van der Waals surface area contributed by atoms with Crippen LogP contribution in [0.2, 0.25) is 0 Å². The van der Waals surface area contributed by atoms with Crippen LogP contribution in [0.4, 0.5) is 0 Å². The summed E-state index contributed by atoms with van der Waals surface area (Å²) in [5.41, 5.74) is 0. The van der Waals surface area contributed by atoms with Gasteiger partial charge in [0.2, 0.25) is 6.04 Å². The first-order valence-electron chi connectivity index (χ1n) is 9.60. The highest BCUT2D eigenvalue weighted by Gasteiger charge is 2.27. The zero-order valence-electron chi connectivity index (χ0n) is 15.6. The number of hydrogen-bond donors (Lipinski definition) is 1. The van der Waals surface area contributed by atoms with Crippen molar-refractivity contribution in [1.29, 1.82) is 0 Å². The molecular formula is C20H34NO4. The Hall–Kier alpha value is -1.49. The van der Waals surface area contributed by atoms with Crippen LogP contribution in [0.5, 0.6) is 0 Å². The Morgan fingerprint density at radius 2 is 1.56 bits per heavy atom. The number of aliphatic hydroxyl groups excluding tert-OH is 1. The first-order chi connectivity index (χ1) is 12.1. The molecule has 0 rings (SSSR count). The summed E-state index contributed by atoms with van der Waals surface area (Å²) in [7, 11) is 0. The topological polar surface area (TPSA) is 80.4 Å². The van der Waals surface area contributed by atoms with Crippen LogP contribution in [0.15, 0.2) is 24.3 Å². The minimum Gasteiger partial charge on any atom is -0.386 e. The van der Waals surface area contributed by atoms with E-state index in [0.29, 0.717) is 6.42 Å². The lowest BCUT2D eigenvalue weighted by atomic mass is 10.0. The van der Waals surface area contributed by atoms with Crippen molar-refractivity contribution in [2.45, 2.75) is 96.1 Å². The van der Waals surface area contributed by atoms with Crippen molar-refractivity contribution >= 4 is 6.29 Å². The summed E-state index contributed by atoms with van der Waals surface area (Å²) in [5, 5.41) is 21.1. The van der Waals surface area contributed by atoms with Gasteiger partial charge >= 0.3 is 0 Å². The highest BCUT2D eigenvalue weighted by molar-refractivity contribution is 5.50. The normalized spacial score (nSPS) is 14.2. The SMILES string of the molecule is CCCCCCCC/C=C\CC(C(O)C/C=C\CCC[C]=O)[N+](=O)[O-]. The van der Waals surface area contributed by atoms with Crippen LogP contribution in [0.25, 0.3) is 0 Å². The number of hydrogen-bond acceptors (Lipinski definition) is 4. The van der Waals surface area contributed by atoms with Gasteiger partial charge in [-0.2, -0.15) is 0 Å². The predicted molar refractivity (Wildman–Crippen MR) is 102 cm³/mol. The van der Waals surface area contributed by atoms with Crippen LogP contribution in [0.1, 0.15) is 84.0 Å². The third-order valence-electron chi connectivity index (χ3n) is 4.18. The number of nitro groups is 1. The van der Waals surface area contributed by atoms with E-state index in [1.165, 1.54) is 32.1 Å². The van der Waals surface area contributed by atoms with E-state index in [1.807, 2.05) is 24.5 Å². The van der Waals surface area contributed by atoms with Crippen LogP contribution in [0, 0.1) is 10.1 Å². The zero-order chi connectivity index (χ0) is 18.8. The van der Waals surface area contributed by atoms with Gasteiger partial charge in [-0.3, -0.25) is 14.9 Å². The molecule has 0 aromatic rings. The Morgan fingerprint density at radius 3 is 2.20 bits per heavy atom. The number of nitrogens with zero attached hydrogens (tertiary/aromatic N) is 1. The van der Waals surface area contributed by atoms with Crippen molar-refractivity contribution in [1.82, 2.24) is 0 Å². The molecule has 0 saturated heterocycles. The van der Waals surface area contributed by atoms with Gasteiger partial charge in [-0.25, -0.2) is 0 Å². The third-order valence-corrected chi connectivity index (χ3v) is 4.18. The van der Waals surface area contributed by atoms with Gasteiger partial charge in [-0.05, 0) is 32.1 Å². The van der Waals surface area contributed by atoms with Crippen molar-refractivity contribution in [2.75, 3.05) is 0 Å². The molecule has 0 aliphatic carbocycles. The highest BCUT2D eigenvalue weighted by Crippen LogP contribution is 2.11. The fourth-order valence-electron chi connectivity index (χ4n) is 2.58. The van der Waals surface area contributed by atoms with Gasteiger partial charge in [0.15, 0.2) is 6.29 Å². The van der Waals surface area contributed by atoms with E-state index in [-0.39, 0.29) is 12.8 Å². The molecule has 2 unspecified atom stereocenters. The fraction of sp³-hybridized carbons (Fsp3) is 0.750. The van der Waals surface area contributed by atoms with E-state index in [2.05, 4.69) is 6.92 Å². The average molecular weight is 352 g/mol. The molecule has 1 radical (unpaired) electrons. The van der Waals surface area contributed by atoms with Gasteiger partial charge in [0, 0.05) is 17.8 Å². The molecule has 0 spiro atoms. The van der Waals surface area contributed by atoms with Gasteiger partial charge in [0.05, 0.1) is 0 Å². The highest BCUT2D eigenvalue weighted by atomic mass is 16.6. The molecular weight excluding hydrogens is 318 g/mol. The Bertz CT molecular complexity index is 393. The maximum absolute atomic E-state index is 11.1. The van der Waals surface area contributed by atoms with Crippen LogP contribution < -0.4 is 0 Å². The summed E-state index contributed by atoms with van der Waals surface area (Å²) < 4.78 is 0. The van der Waals surface area contributed by atoms with Crippen LogP contribution in [0.3, 0.4) is 0 Å². The molecule has 0 fully saturated rings. The molecule has 25 heavy (non-hydrogen) atoms. The molecule has 0 heterocycles. The molecule has 0 saturated carbocycles. The second-order valence-corrected chi connectivity index (χ2v) is 6.43. The zero-order valence-corrected chi connectivity index (χ0v) is 15.6. The third kappa shape index (κ3) is 14.6. The molecule has 0 amide bonds. The van der Waals surface area contributed by atoms with Crippen molar-refractivity contribution in [3.05, 3.63) is 34.4 Å². The van der Waals surface area contributed by atoms with Crippen molar-refractivity contribution in [3.63, 3.8) is 0 Å². The molecule has 0 aliphatic rings. The van der Waals surface area contributed by atoms with Crippen LogP contribution in [-0.2, 0) is 4.79 Å². The van der Waals surface area contributed by atoms with Crippen molar-refractivity contribution < 1.29 is 14.8 Å². The quantitative estimate of drug-likeness (QED) is 0.174. The first kappa shape index (κ1) is 23.5. The lowest BCUT2D eigenvalue weighted by molar-refractivity contribution is -0.533. The van der Waals surface area contributed by atoms with E-state index in [0.717, 1.165) is 25.7 Å². The Kier molecular flexibility index (Phi) is 16.3. The summed E-state index contributed by atoms with van der Waals surface area (Å²) >= 11 is 0. The number of aliphatic hydroxyl groups is 1. The monoisotopic (exact) mass is 352 g/mol. The second kappa shape index (κ2) is 17.3. The number of allylic oxidation sites excluding steroid dienone is 2. The Labute approximate surface area is 152 Å². The lowest BCUT2D eigenvalue weighted by Gasteiger charge is -2.12. The number of rotatable bonds is 17. The molecule has 5 nitrogen and oxygen atoms in total. The van der Waals surface area contributed by atoms with Gasteiger partial charge in [0.1, 0.15) is 6.10 Å². The maximum atomic E-state index is 11.1. The van der Waals surface area contributed by atoms with Gasteiger partial charge in [-0.15, -0.1) is 0 Å². The summed E-state index contributed by atoms with van der Waals surface area (Å²) in [4.78, 5) is 20.8. The first-order valence-corrected chi connectivity index (χ1v) is 9.60. The Morgan fingerprint density at radius 1 is 0.960 bits per heavy atom. The van der Waals surface area contributed by atoms with Gasteiger partial charge in [-0.1, -0.05) is 63.3 Å². The molecule has 143 valence electrons. The van der Waals surface area contributed by atoms with E-state index < -0.39 is 17.1 Å². The largest absolute Gasteiger partial charge is 0.386 e. The molecule has 0 aromatic carbocycles. The van der Waals surface area contributed by atoms with Crippen LogP contribution in [-0.4, -0.2) is 28.5 Å². The molecule has 0 aliphatic heterocycles. The number of unbranched alkanes of at least 4 members (excludes halogenated alkanes) is 8. The molecule has 0 aromatic heterocycles. The summed E-state index contributed by atoms with van der Waals surface area (Å²) in [6.45, 7) is 2.20. The van der Waals surface area contributed by atoms with Crippen molar-refractivity contribution in [3.8, 4) is 0 Å². The van der Waals surface area contributed by atoms with Gasteiger partial charge < -0.3 is 5.11 Å². The molecule has 0 bridgehead atoms. The predicted octanol–water partition coefficient (Wildman–Crippen LogP) is 4.92. The number of carbonyl (C=O) groups excluding carboxylic acids is 1. The van der Waals surface area contributed by atoms with Gasteiger partial charge in [0.25, 0.3) is 0 Å². The molecule has 2 atom stereocenters. The van der Waals surface area contributed by atoms with Crippen molar-refractivity contribution in [2.24, 2.45) is 0 Å². The summed E-state index contributed by atoms with van der Waals surface area (Å²) in [6.07, 6.45) is 19.0.